The quantitative estimate of drug-likeness (QED) is 0.734. The molecule has 2 aromatic carbocycles. The molecule has 2 aliphatic heterocycles. The molecule has 0 spiro atoms. The number of rotatable bonds is 0. The Hall–Kier alpha value is -1.96. The molecule has 2 heteroatoms. The van der Waals surface area contributed by atoms with Crippen molar-refractivity contribution in [1.82, 2.24) is 0 Å². The molecule has 4 rings (SSSR count). The minimum absolute atomic E-state index is 0.509. The maximum absolute atomic E-state index is 3.68. The molecule has 0 saturated carbocycles. The number of hydrogen-bond donors (Lipinski definition) is 2. The lowest BCUT2D eigenvalue weighted by Gasteiger charge is -2.40. The van der Waals surface area contributed by atoms with E-state index in [9.17, 15) is 0 Å². The van der Waals surface area contributed by atoms with Crippen LogP contribution in [0.2, 0.25) is 0 Å². The summed E-state index contributed by atoms with van der Waals surface area (Å²) in [6, 6.07) is 18.3. The summed E-state index contributed by atoms with van der Waals surface area (Å²) in [6.07, 6.45) is 2.23. The van der Waals surface area contributed by atoms with Gasteiger partial charge in [0, 0.05) is 11.4 Å². The first-order valence-electron chi connectivity index (χ1n) is 6.59. The minimum atomic E-state index is 0.509. The molecule has 2 nitrogen and oxygen atoms in total. The van der Waals surface area contributed by atoms with E-state index in [1.54, 1.807) is 0 Å². The van der Waals surface area contributed by atoms with Crippen molar-refractivity contribution in [2.24, 2.45) is 0 Å². The van der Waals surface area contributed by atoms with Gasteiger partial charge in [0.1, 0.15) is 0 Å². The average molecular weight is 236 g/mol. The summed E-state index contributed by atoms with van der Waals surface area (Å²) in [5.41, 5.74) is 5.45. The zero-order chi connectivity index (χ0) is 11.9. The maximum Gasteiger partial charge on any atom is 0.0507 e. The minimum Gasteiger partial charge on any atom is -0.380 e. The lowest BCUT2D eigenvalue weighted by molar-refractivity contribution is 0.547. The van der Waals surface area contributed by atoms with Gasteiger partial charge >= 0.3 is 0 Å². The Bertz CT molecular complexity index is 488. The topological polar surface area (TPSA) is 24.1 Å². The van der Waals surface area contributed by atoms with Gasteiger partial charge in [-0.15, -0.1) is 0 Å². The molecular formula is C16H16N2. The lowest BCUT2D eigenvalue weighted by Crippen LogP contribution is -2.48. The van der Waals surface area contributed by atoms with Gasteiger partial charge in [-0.05, 0) is 36.1 Å². The molecule has 0 bridgehead atoms. The van der Waals surface area contributed by atoms with Crippen LogP contribution in [0.1, 0.15) is 11.1 Å². The predicted octanol–water partition coefficient (Wildman–Crippen LogP) is 3.06. The number of hydrogen-bond acceptors (Lipinski definition) is 2. The monoisotopic (exact) mass is 236 g/mol. The molecule has 2 heterocycles. The summed E-state index contributed by atoms with van der Waals surface area (Å²) in [5.74, 6) is 0. The Morgan fingerprint density at radius 1 is 0.667 bits per heavy atom. The normalized spacial score (nSPS) is 24.0. The molecule has 0 aromatic heterocycles. The van der Waals surface area contributed by atoms with Crippen molar-refractivity contribution in [1.29, 1.82) is 0 Å². The molecule has 90 valence electrons. The van der Waals surface area contributed by atoms with Crippen molar-refractivity contribution >= 4 is 11.4 Å². The van der Waals surface area contributed by atoms with E-state index in [2.05, 4.69) is 59.2 Å². The summed E-state index contributed by atoms with van der Waals surface area (Å²) >= 11 is 0. The van der Waals surface area contributed by atoms with Crippen LogP contribution in [0.4, 0.5) is 11.4 Å². The van der Waals surface area contributed by atoms with E-state index >= 15 is 0 Å². The smallest absolute Gasteiger partial charge is 0.0507 e. The van der Waals surface area contributed by atoms with E-state index in [1.807, 2.05) is 0 Å². The third-order valence-corrected chi connectivity index (χ3v) is 4.08. The average Bonchev–Trinajstić information content (AvgIpc) is 2.42. The van der Waals surface area contributed by atoms with Gasteiger partial charge in [-0.3, -0.25) is 0 Å². The second-order valence-electron chi connectivity index (χ2n) is 5.22. The molecule has 2 atom stereocenters. The van der Waals surface area contributed by atoms with Crippen molar-refractivity contribution in [2.45, 2.75) is 24.9 Å². The number of benzene rings is 2. The molecule has 0 amide bonds. The van der Waals surface area contributed by atoms with Crippen molar-refractivity contribution in [2.75, 3.05) is 10.6 Å². The van der Waals surface area contributed by atoms with Crippen LogP contribution < -0.4 is 10.6 Å². The van der Waals surface area contributed by atoms with Crippen LogP contribution in [-0.2, 0) is 12.8 Å². The maximum atomic E-state index is 3.68. The third kappa shape index (κ3) is 1.49. The largest absolute Gasteiger partial charge is 0.380 e. The summed E-state index contributed by atoms with van der Waals surface area (Å²) in [5, 5.41) is 7.35. The van der Waals surface area contributed by atoms with Crippen LogP contribution in [0, 0.1) is 0 Å². The third-order valence-electron chi connectivity index (χ3n) is 4.08. The second kappa shape index (κ2) is 3.77. The van der Waals surface area contributed by atoms with Gasteiger partial charge in [-0.25, -0.2) is 0 Å². The van der Waals surface area contributed by atoms with E-state index in [4.69, 9.17) is 0 Å². The van der Waals surface area contributed by atoms with Crippen LogP contribution in [0.25, 0.3) is 0 Å². The van der Waals surface area contributed by atoms with Crippen molar-refractivity contribution in [3.63, 3.8) is 0 Å². The fraction of sp³-hybridized carbons (Fsp3) is 0.250. The molecule has 2 aromatic rings. The van der Waals surface area contributed by atoms with Gasteiger partial charge in [-0.2, -0.15) is 0 Å². The van der Waals surface area contributed by atoms with Gasteiger partial charge in [0.2, 0.25) is 0 Å². The Morgan fingerprint density at radius 2 is 1.11 bits per heavy atom. The first kappa shape index (κ1) is 10.0. The molecule has 18 heavy (non-hydrogen) atoms. The number of nitrogens with one attached hydrogen (secondary N) is 2. The van der Waals surface area contributed by atoms with Crippen LogP contribution >= 0.6 is 0 Å². The fourth-order valence-corrected chi connectivity index (χ4v) is 3.14. The molecule has 0 aliphatic carbocycles. The fourth-order valence-electron chi connectivity index (χ4n) is 3.14. The Balaban J connectivity index is 1.70. The zero-order valence-corrected chi connectivity index (χ0v) is 10.2. The molecule has 0 unspecified atom stereocenters. The van der Waals surface area contributed by atoms with E-state index in [0.29, 0.717) is 12.1 Å². The summed E-state index contributed by atoms with van der Waals surface area (Å²) in [6.45, 7) is 0. The lowest BCUT2D eigenvalue weighted by atomic mass is 9.86. The molecule has 0 fully saturated rings. The number of para-hydroxylation sites is 2. The number of anilines is 2. The van der Waals surface area contributed by atoms with Crippen LogP contribution in [-0.4, -0.2) is 12.1 Å². The highest BCUT2D eigenvalue weighted by Gasteiger charge is 2.31. The van der Waals surface area contributed by atoms with E-state index in [1.165, 1.54) is 22.5 Å². The summed E-state index contributed by atoms with van der Waals surface area (Å²) < 4.78 is 0. The van der Waals surface area contributed by atoms with Gasteiger partial charge in [0.05, 0.1) is 12.1 Å². The molecule has 2 N–H and O–H groups in total. The molecule has 2 aliphatic rings. The first-order valence-corrected chi connectivity index (χ1v) is 6.59. The van der Waals surface area contributed by atoms with Crippen LogP contribution in [0.5, 0.6) is 0 Å². The molecule has 0 saturated heterocycles. The van der Waals surface area contributed by atoms with Crippen molar-refractivity contribution in [3.8, 4) is 0 Å². The van der Waals surface area contributed by atoms with Crippen molar-refractivity contribution < 1.29 is 0 Å². The summed E-state index contributed by atoms with van der Waals surface area (Å²) in [4.78, 5) is 0. The predicted molar refractivity (Wildman–Crippen MR) is 75.1 cm³/mol. The Kier molecular flexibility index (Phi) is 2.10. The molecule has 0 radical (unpaired) electrons. The highest BCUT2D eigenvalue weighted by molar-refractivity contribution is 5.61. The zero-order valence-electron chi connectivity index (χ0n) is 10.2. The SMILES string of the molecule is c1ccc2c(c1)C[C@@H]1Nc3ccccc3C[C@@H]1N2. The van der Waals surface area contributed by atoms with Gasteiger partial charge < -0.3 is 10.6 Å². The highest BCUT2D eigenvalue weighted by Crippen LogP contribution is 2.33. The first-order chi connectivity index (χ1) is 8.90. The molecular weight excluding hydrogens is 220 g/mol. The van der Waals surface area contributed by atoms with Gasteiger partial charge in [0.25, 0.3) is 0 Å². The summed E-state index contributed by atoms with van der Waals surface area (Å²) in [7, 11) is 0. The Labute approximate surface area is 107 Å². The van der Waals surface area contributed by atoms with Crippen LogP contribution in [0.15, 0.2) is 48.5 Å². The second-order valence-corrected chi connectivity index (χ2v) is 5.22. The van der Waals surface area contributed by atoms with E-state index in [-0.39, 0.29) is 0 Å². The van der Waals surface area contributed by atoms with Gasteiger partial charge in [0.15, 0.2) is 0 Å². The number of fused-ring (bicyclic) bond motifs is 3. The van der Waals surface area contributed by atoms with E-state index < -0.39 is 0 Å². The van der Waals surface area contributed by atoms with Gasteiger partial charge in [-0.1, -0.05) is 36.4 Å². The standard InChI is InChI=1S/C16H16N2/c1-3-7-13-11(5-1)9-15-16(17-13)10-12-6-2-4-8-14(12)18-15/h1-8,15-18H,9-10H2/t15-,16-/m0/s1. The highest BCUT2D eigenvalue weighted by atomic mass is 15.1. The van der Waals surface area contributed by atoms with E-state index in [0.717, 1.165) is 12.8 Å². The van der Waals surface area contributed by atoms with Crippen LogP contribution in [0.3, 0.4) is 0 Å². The van der Waals surface area contributed by atoms with Crippen molar-refractivity contribution in [3.05, 3.63) is 59.7 Å². The Morgan fingerprint density at radius 3 is 1.61 bits per heavy atom.